The first-order valence-corrected chi connectivity index (χ1v) is 8.63. The Labute approximate surface area is 149 Å². The topological polar surface area (TPSA) is 67.4 Å². The van der Waals surface area contributed by atoms with E-state index in [0.29, 0.717) is 11.6 Å². The minimum Gasteiger partial charge on any atom is -0.497 e. The average Bonchev–Trinajstić information content (AvgIpc) is 2.60. The second-order valence-electron chi connectivity index (χ2n) is 5.87. The molecule has 0 atom stereocenters. The van der Waals surface area contributed by atoms with Gasteiger partial charge >= 0.3 is 0 Å². The first-order valence-electron chi connectivity index (χ1n) is 8.63. The summed E-state index contributed by atoms with van der Waals surface area (Å²) in [6.45, 7) is 7.45. The molecule has 6 nitrogen and oxygen atoms in total. The summed E-state index contributed by atoms with van der Waals surface area (Å²) in [4.78, 5) is 23.4. The first kappa shape index (κ1) is 18.7. The third-order valence-electron chi connectivity index (χ3n) is 3.67. The van der Waals surface area contributed by atoms with Gasteiger partial charge in [0, 0.05) is 30.5 Å². The Morgan fingerprint density at radius 1 is 1.16 bits per heavy atom. The number of ether oxygens (including phenoxy) is 1. The summed E-state index contributed by atoms with van der Waals surface area (Å²) in [5, 5.41) is 3.14. The van der Waals surface area contributed by atoms with Gasteiger partial charge in [-0.05, 0) is 38.0 Å². The SMILES string of the molecule is CCCN(CCC)C(=O)c1cc(C)nc(Nc2cccc(OC)c2)n1. The van der Waals surface area contributed by atoms with Crippen molar-refractivity contribution in [2.24, 2.45) is 0 Å². The van der Waals surface area contributed by atoms with Crippen LogP contribution in [0.25, 0.3) is 0 Å². The second kappa shape index (κ2) is 9.01. The van der Waals surface area contributed by atoms with Gasteiger partial charge in [-0.1, -0.05) is 19.9 Å². The van der Waals surface area contributed by atoms with Gasteiger partial charge in [-0.3, -0.25) is 4.79 Å². The van der Waals surface area contributed by atoms with E-state index in [1.807, 2.05) is 36.1 Å². The van der Waals surface area contributed by atoms with Crippen LogP contribution in [0, 0.1) is 6.92 Å². The Balaban J connectivity index is 2.25. The summed E-state index contributed by atoms with van der Waals surface area (Å²) in [6, 6.07) is 9.24. The number of aromatic nitrogens is 2. The van der Waals surface area contributed by atoms with Gasteiger partial charge in [-0.25, -0.2) is 9.97 Å². The quantitative estimate of drug-likeness (QED) is 0.790. The smallest absolute Gasteiger partial charge is 0.272 e. The largest absolute Gasteiger partial charge is 0.497 e. The van der Waals surface area contributed by atoms with Crippen LogP contribution in [0.15, 0.2) is 30.3 Å². The molecular weight excluding hydrogens is 316 g/mol. The molecule has 0 spiro atoms. The van der Waals surface area contributed by atoms with Crippen LogP contribution >= 0.6 is 0 Å². The lowest BCUT2D eigenvalue weighted by Crippen LogP contribution is -2.33. The predicted octanol–water partition coefficient (Wildman–Crippen LogP) is 3.80. The third kappa shape index (κ3) is 5.17. The van der Waals surface area contributed by atoms with E-state index in [1.54, 1.807) is 13.2 Å². The zero-order valence-electron chi connectivity index (χ0n) is 15.4. The van der Waals surface area contributed by atoms with E-state index in [2.05, 4.69) is 29.1 Å². The van der Waals surface area contributed by atoms with E-state index >= 15 is 0 Å². The molecule has 1 aromatic carbocycles. The van der Waals surface area contributed by atoms with E-state index in [-0.39, 0.29) is 5.91 Å². The molecule has 6 heteroatoms. The molecule has 1 aromatic heterocycles. The summed E-state index contributed by atoms with van der Waals surface area (Å²) < 4.78 is 5.22. The Morgan fingerprint density at radius 3 is 2.52 bits per heavy atom. The minimum atomic E-state index is -0.0529. The van der Waals surface area contributed by atoms with Crippen molar-refractivity contribution in [3.8, 4) is 5.75 Å². The predicted molar refractivity (Wildman–Crippen MR) is 99.5 cm³/mol. The Morgan fingerprint density at radius 2 is 1.88 bits per heavy atom. The van der Waals surface area contributed by atoms with Crippen molar-refractivity contribution in [1.82, 2.24) is 14.9 Å². The zero-order valence-corrected chi connectivity index (χ0v) is 15.4. The highest BCUT2D eigenvalue weighted by Crippen LogP contribution is 2.20. The summed E-state index contributed by atoms with van der Waals surface area (Å²) in [6.07, 6.45) is 1.84. The van der Waals surface area contributed by atoms with Gasteiger partial charge in [0.1, 0.15) is 11.4 Å². The monoisotopic (exact) mass is 342 g/mol. The average molecular weight is 342 g/mol. The highest BCUT2D eigenvalue weighted by atomic mass is 16.5. The molecule has 0 aliphatic carbocycles. The molecule has 25 heavy (non-hydrogen) atoms. The van der Waals surface area contributed by atoms with Crippen molar-refractivity contribution < 1.29 is 9.53 Å². The van der Waals surface area contributed by atoms with Crippen molar-refractivity contribution >= 4 is 17.5 Å². The van der Waals surface area contributed by atoms with Crippen LogP contribution in [0.5, 0.6) is 5.75 Å². The van der Waals surface area contributed by atoms with Gasteiger partial charge < -0.3 is 15.0 Å². The Hall–Kier alpha value is -2.63. The van der Waals surface area contributed by atoms with E-state index in [1.165, 1.54) is 0 Å². The van der Waals surface area contributed by atoms with Crippen LogP contribution in [0.3, 0.4) is 0 Å². The van der Waals surface area contributed by atoms with E-state index in [0.717, 1.165) is 43.1 Å². The van der Waals surface area contributed by atoms with Gasteiger partial charge in [-0.15, -0.1) is 0 Å². The number of carbonyl (C=O) groups is 1. The van der Waals surface area contributed by atoms with Crippen LogP contribution < -0.4 is 10.1 Å². The highest BCUT2D eigenvalue weighted by Gasteiger charge is 2.17. The molecular formula is C19H26N4O2. The molecule has 0 unspecified atom stereocenters. The van der Waals surface area contributed by atoms with Crippen molar-refractivity contribution in [3.05, 3.63) is 41.7 Å². The molecule has 0 radical (unpaired) electrons. The molecule has 0 fully saturated rings. The normalized spacial score (nSPS) is 10.4. The van der Waals surface area contributed by atoms with E-state index in [9.17, 15) is 4.79 Å². The number of hydrogen-bond donors (Lipinski definition) is 1. The molecule has 0 bridgehead atoms. The van der Waals surface area contributed by atoms with Crippen LogP contribution in [0.4, 0.5) is 11.6 Å². The number of aryl methyl sites for hydroxylation is 1. The van der Waals surface area contributed by atoms with Crippen LogP contribution in [-0.4, -0.2) is 41.0 Å². The summed E-state index contributed by atoms with van der Waals surface area (Å²) in [7, 11) is 1.62. The molecule has 1 amide bonds. The number of methoxy groups -OCH3 is 1. The molecule has 0 aliphatic heterocycles. The fourth-order valence-corrected chi connectivity index (χ4v) is 2.58. The van der Waals surface area contributed by atoms with Crippen molar-refractivity contribution in [1.29, 1.82) is 0 Å². The number of benzene rings is 1. The molecule has 0 aliphatic rings. The lowest BCUT2D eigenvalue weighted by molar-refractivity contribution is 0.0749. The van der Waals surface area contributed by atoms with Crippen molar-refractivity contribution in [3.63, 3.8) is 0 Å². The standard InChI is InChI=1S/C19H26N4O2/c1-5-10-23(11-6-2)18(24)17-12-14(3)20-19(22-17)21-15-8-7-9-16(13-15)25-4/h7-9,12-13H,5-6,10-11H2,1-4H3,(H,20,21,22). The number of rotatable bonds is 8. The Kier molecular flexibility index (Phi) is 6.74. The van der Waals surface area contributed by atoms with Crippen LogP contribution in [0.1, 0.15) is 42.9 Å². The van der Waals surface area contributed by atoms with Gasteiger partial charge in [0.2, 0.25) is 5.95 Å². The molecule has 1 heterocycles. The summed E-state index contributed by atoms with van der Waals surface area (Å²) in [5.41, 5.74) is 1.97. The summed E-state index contributed by atoms with van der Waals surface area (Å²) >= 11 is 0. The fraction of sp³-hybridized carbons (Fsp3) is 0.421. The van der Waals surface area contributed by atoms with Crippen LogP contribution in [-0.2, 0) is 0 Å². The maximum atomic E-state index is 12.8. The number of carbonyl (C=O) groups excluding carboxylic acids is 1. The minimum absolute atomic E-state index is 0.0529. The molecule has 2 rings (SSSR count). The molecule has 0 saturated carbocycles. The Bertz CT molecular complexity index is 712. The summed E-state index contributed by atoms with van der Waals surface area (Å²) in [5.74, 6) is 1.10. The molecule has 2 aromatic rings. The fourth-order valence-electron chi connectivity index (χ4n) is 2.58. The number of nitrogens with zero attached hydrogens (tertiary/aromatic N) is 3. The maximum Gasteiger partial charge on any atom is 0.272 e. The van der Waals surface area contributed by atoms with Crippen molar-refractivity contribution in [2.75, 3.05) is 25.5 Å². The molecule has 1 N–H and O–H groups in total. The number of hydrogen-bond acceptors (Lipinski definition) is 5. The second-order valence-corrected chi connectivity index (χ2v) is 5.87. The van der Waals surface area contributed by atoms with E-state index in [4.69, 9.17) is 4.74 Å². The van der Waals surface area contributed by atoms with Crippen molar-refractivity contribution in [2.45, 2.75) is 33.6 Å². The van der Waals surface area contributed by atoms with Gasteiger partial charge in [0.05, 0.1) is 7.11 Å². The third-order valence-corrected chi connectivity index (χ3v) is 3.67. The lowest BCUT2D eigenvalue weighted by Gasteiger charge is -2.21. The maximum absolute atomic E-state index is 12.8. The lowest BCUT2D eigenvalue weighted by atomic mass is 10.2. The van der Waals surface area contributed by atoms with Gasteiger partial charge in [-0.2, -0.15) is 0 Å². The van der Waals surface area contributed by atoms with Crippen LogP contribution in [0.2, 0.25) is 0 Å². The van der Waals surface area contributed by atoms with Gasteiger partial charge in [0.25, 0.3) is 5.91 Å². The highest BCUT2D eigenvalue weighted by molar-refractivity contribution is 5.92. The zero-order chi connectivity index (χ0) is 18.2. The first-order chi connectivity index (χ1) is 12.1. The number of amides is 1. The van der Waals surface area contributed by atoms with E-state index < -0.39 is 0 Å². The number of anilines is 2. The van der Waals surface area contributed by atoms with Gasteiger partial charge in [0.15, 0.2) is 0 Å². The molecule has 134 valence electrons. The molecule has 0 saturated heterocycles. The number of nitrogens with one attached hydrogen (secondary N) is 1.